The summed E-state index contributed by atoms with van der Waals surface area (Å²) in [6.07, 6.45) is 4.95. The third kappa shape index (κ3) is 7.09. The highest BCUT2D eigenvalue weighted by molar-refractivity contribution is 7.89. The second-order valence-corrected chi connectivity index (χ2v) is 17.6. The molecule has 0 spiro atoms. The van der Waals surface area contributed by atoms with Gasteiger partial charge in [0.1, 0.15) is 0 Å². The monoisotopic (exact) mass is 582 g/mol. The number of sulfonamides is 1. The molecule has 4 rings (SSSR count). The average Bonchev–Trinajstić information content (AvgIpc) is 3.25. The van der Waals surface area contributed by atoms with Crippen molar-refractivity contribution in [2.45, 2.75) is 134 Å². The van der Waals surface area contributed by atoms with Crippen LogP contribution in [0.4, 0.5) is 0 Å². The molecule has 0 unspecified atom stereocenters. The summed E-state index contributed by atoms with van der Waals surface area (Å²) in [4.78, 5) is 7.11. The lowest BCUT2D eigenvalue weighted by atomic mass is 9.81. The van der Waals surface area contributed by atoms with Crippen LogP contribution < -0.4 is 0 Å². The molecular formula is C35H54N2O3S. The number of hydrogen-bond donors (Lipinski definition) is 0. The van der Waals surface area contributed by atoms with Crippen molar-refractivity contribution in [3.63, 3.8) is 0 Å². The lowest BCUT2D eigenvalue weighted by Gasteiger charge is -2.51. The van der Waals surface area contributed by atoms with E-state index in [-0.39, 0.29) is 33.9 Å². The van der Waals surface area contributed by atoms with Crippen LogP contribution in [0.25, 0.3) is 0 Å². The van der Waals surface area contributed by atoms with Crippen molar-refractivity contribution >= 4 is 10.0 Å². The molecule has 228 valence electrons. The maximum absolute atomic E-state index is 14.6. The van der Waals surface area contributed by atoms with Gasteiger partial charge < -0.3 is 0 Å². The van der Waals surface area contributed by atoms with E-state index in [1.54, 1.807) is 4.31 Å². The van der Waals surface area contributed by atoms with Crippen LogP contribution in [-0.2, 0) is 32.1 Å². The van der Waals surface area contributed by atoms with Crippen LogP contribution in [0.5, 0.6) is 0 Å². The molecule has 6 heteroatoms. The zero-order valence-electron chi connectivity index (χ0n) is 27.3. The van der Waals surface area contributed by atoms with Crippen molar-refractivity contribution in [3.05, 3.63) is 65.2 Å². The highest BCUT2D eigenvalue weighted by Gasteiger charge is 2.46. The molecule has 2 aliphatic rings. The maximum Gasteiger partial charge on any atom is 0.243 e. The Balaban J connectivity index is 1.72. The first-order chi connectivity index (χ1) is 18.8. The molecule has 0 amide bonds. The molecule has 5 nitrogen and oxygen atoms in total. The molecule has 0 saturated carbocycles. The lowest BCUT2D eigenvalue weighted by Crippen LogP contribution is -2.59. The first kappa shape index (κ1) is 32.2. The SMILES string of the molecule is CC(C)(C)c1cc(C(C)(C)C)cc(S(=O)(=O)N2CC[C@@H](Cc3ccccc3)[C@H]2CON2C(C)(C)CCCC2(C)C)c1. The smallest absolute Gasteiger partial charge is 0.243 e. The minimum Gasteiger partial charge on any atom is -0.296 e. The van der Waals surface area contributed by atoms with E-state index in [0.29, 0.717) is 18.0 Å². The Morgan fingerprint density at radius 1 is 0.854 bits per heavy atom. The summed E-state index contributed by atoms with van der Waals surface area (Å²) >= 11 is 0. The summed E-state index contributed by atoms with van der Waals surface area (Å²) in [5, 5.41) is 2.17. The fourth-order valence-corrected chi connectivity index (χ4v) is 8.54. The van der Waals surface area contributed by atoms with E-state index in [1.807, 2.05) is 18.2 Å². The Labute approximate surface area is 250 Å². The summed E-state index contributed by atoms with van der Waals surface area (Å²) in [5.41, 5.74) is 2.79. The van der Waals surface area contributed by atoms with Gasteiger partial charge in [0, 0.05) is 17.6 Å². The molecule has 2 heterocycles. The molecule has 2 aliphatic heterocycles. The van der Waals surface area contributed by atoms with Crippen LogP contribution in [0.15, 0.2) is 53.4 Å². The number of benzene rings is 2. The molecule has 0 aliphatic carbocycles. The van der Waals surface area contributed by atoms with Gasteiger partial charge in [0.15, 0.2) is 0 Å². The van der Waals surface area contributed by atoms with Gasteiger partial charge in [-0.15, -0.1) is 0 Å². The Hall–Kier alpha value is -1.73. The van der Waals surface area contributed by atoms with Crippen molar-refractivity contribution < 1.29 is 13.3 Å². The normalized spacial score (nSPS) is 24.0. The van der Waals surface area contributed by atoms with Gasteiger partial charge in [-0.2, -0.15) is 9.37 Å². The molecule has 2 fully saturated rings. The number of piperidine rings is 1. The second kappa shape index (κ2) is 11.4. The van der Waals surface area contributed by atoms with Crippen LogP contribution in [-0.4, -0.2) is 48.1 Å². The van der Waals surface area contributed by atoms with E-state index in [2.05, 4.69) is 105 Å². The molecule has 0 radical (unpaired) electrons. The predicted octanol–water partition coefficient (Wildman–Crippen LogP) is 7.88. The largest absolute Gasteiger partial charge is 0.296 e. The third-order valence-electron chi connectivity index (χ3n) is 9.27. The molecule has 0 aromatic heterocycles. The van der Waals surface area contributed by atoms with E-state index in [4.69, 9.17) is 4.84 Å². The summed E-state index contributed by atoms with van der Waals surface area (Å²) < 4.78 is 30.9. The molecule has 2 atom stereocenters. The number of hydrogen-bond acceptors (Lipinski definition) is 4. The summed E-state index contributed by atoms with van der Waals surface area (Å²) in [7, 11) is -3.75. The van der Waals surface area contributed by atoms with Crippen LogP contribution in [0.3, 0.4) is 0 Å². The van der Waals surface area contributed by atoms with Crippen molar-refractivity contribution in [1.29, 1.82) is 0 Å². The van der Waals surface area contributed by atoms with Crippen LogP contribution in [0.1, 0.15) is 112 Å². The summed E-state index contributed by atoms with van der Waals surface area (Å²) in [5.74, 6) is 0.177. The zero-order valence-corrected chi connectivity index (χ0v) is 28.1. The van der Waals surface area contributed by atoms with Gasteiger partial charge in [-0.25, -0.2) is 8.42 Å². The molecule has 2 saturated heterocycles. The third-order valence-corrected chi connectivity index (χ3v) is 11.2. The van der Waals surface area contributed by atoms with E-state index in [0.717, 1.165) is 36.8 Å². The number of hydroxylamine groups is 2. The van der Waals surface area contributed by atoms with Gasteiger partial charge in [0.2, 0.25) is 10.0 Å². The highest BCUT2D eigenvalue weighted by Crippen LogP contribution is 2.41. The second-order valence-electron chi connectivity index (χ2n) is 15.7. The van der Waals surface area contributed by atoms with Gasteiger partial charge in [-0.3, -0.25) is 4.84 Å². The fourth-order valence-electron chi connectivity index (χ4n) is 6.78. The Morgan fingerprint density at radius 3 is 1.90 bits per heavy atom. The highest BCUT2D eigenvalue weighted by atomic mass is 32.2. The molecule has 2 aromatic rings. The number of nitrogens with zero attached hydrogens (tertiary/aromatic N) is 2. The topological polar surface area (TPSA) is 49.9 Å². The quantitative estimate of drug-likeness (QED) is 0.333. The zero-order chi connectivity index (χ0) is 30.4. The van der Waals surface area contributed by atoms with Crippen molar-refractivity contribution in [2.75, 3.05) is 13.2 Å². The average molecular weight is 583 g/mol. The van der Waals surface area contributed by atoms with Crippen molar-refractivity contribution in [3.8, 4) is 0 Å². The van der Waals surface area contributed by atoms with E-state index in [9.17, 15) is 8.42 Å². The van der Waals surface area contributed by atoms with Gasteiger partial charge in [0.25, 0.3) is 0 Å². The molecular weight excluding hydrogens is 528 g/mol. The Morgan fingerprint density at radius 2 is 1.39 bits per heavy atom. The van der Waals surface area contributed by atoms with Crippen LogP contribution in [0, 0.1) is 5.92 Å². The predicted molar refractivity (Wildman–Crippen MR) is 170 cm³/mol. The number of rotatable bonds is 7. The van der Waals surface area contributed by atoms with Gasteiger partial charge in [-0.1, -0.05) is 77.9 Å². The first-order valence-corrected chi connectivity index (χ1v) is 16.9. The lowest BCUT2D eigenvalue weighted by molar-refractivity contribution is -0.285. The minimum atomic E-state index is -3.75. The minimum absolute atomic E-state index is 0.109. The van der Waals surface area contributed by atoms with Gasteiger partial charge in [0.05, 0.1) is 17.5 Å². The van der Waals surface area contributed by atoms with Gasteiger partial charge in [-0.05, 0) is 105 Å². The van der Waals surface area contributed by atoms with Crippen LogP contribution in [0.2, 0.25) is 0 Å². The summed E-state index contributed by atoms with van der Waals surface area (Å²) in [6, 6.07) is 16.2. The molecule has 2 aromatic carbocycles. The van der Waals surface area contributed by atoms with E-state index in [1.165, 1.54) is 12.0 Å². The maximum atomic E-state index is 14.6. The van der Waals surface area contributed by atoms with E-state index >= 15 is 0 Å². The van der Waals surface area contributed by atoms with Crippen molar-refractivity contribution in [2.24, 2.45) is 5.92 Å². The van der Waals surface area contributed by atoms with Gasteiger partial charge >= 0.3 is 0 Å². The van der Waals surface area contributed by atoms with E-state index < -0.39 is 10.0 Å². The molecule has 41 heavy (non-hydrogen) atoms. The first-order valence-electron chi connectivity index (χ1n) is 15.5. The summed E-state index contributed by atoms with van der Waals surface area (Å²) in [6.45, 7) is 22.7. The van der Waals surface area contributed by atoms with Crippen molar-refractivity contribution in [1.82, 2.24) is 9.37 Å². The molecule has 0 bridgehead atoms. The Kier molecular flexibility index (Phi) is 8.95. The molecule has 0 N–H and O–H groups in total. The fraction of sp³-hybridized carbons (Fsp3) is 0.657. The Bertz CT molecular complexity index is 1250. The standard InChI is InChI=1S/C35H54N2O3S/c1-32(2,3)28-22-29(33(4,5)6)24-30(23-28)41(38,39)36-20-17-27(21-26-15-12-11-13-16-26)31(36)25-40-37-34(7,8)18-14-19-35(37,9)10/h11-13,15-16,22-24,27,31H,14,17-21,25H2,1-10H3/t27-,31+/m0/s1. The van der Waals surface area contributed by atoms with Crippen LogP contribution >= 0.6 is 0 Å².